The lowest BCUT2D eigenvalue weighted by Crippen LogP contribution is -2.30. The second-order valence-corrected chi connectivity index (χ2v) is 7.85. The van der Waals surface area contributed by atoms with Crippen LogP contribution < -0.4 is 9.64 Å². The molecule has 1 heterocycles. The van der Waals surface area contributed by atoms with Gasteiger partial charge < -0.3 is 19.6 Å². The van der Waals surface area contributed by atoms with Crippen molar-refractivity contribution in [1.82, 2.24) is 4.90 Å². The maximum Gasteiger partial charge on any atom is 0.295 e. The van der Waals surface area contributed by atoms with E-state index < -0.39 is 17.7 Å². The molecule has 1 unspecified atom stereocenters. The fourth-order valence-electron chi connectivity index (χ4n) is 3.74. The Balaban J connectivity index is 2.05. The molecule has 1 atom stereocenters. The van der Waals surface area contributed by atoms with Crippen LogP contribution in [0.3, 0.4) is 0 Å². The van der Waals surface area contributed by atoms with Crippen molar-refractivity contribution >= 4 is 23.1 Å². The number of Topliss-reactive ketones (excluding diaryl/α,β-unsaturated/α-hetero) is 1. The number of aliphatic hydroxyl groups is 1. The van der Waals surface area contributed by atoms with Gasteiger partial charge in [0, 0.05) is 31.9 Å². The highest BCUT2D eigenvalue weighted by molar-refractivity contribution is 6.46. The number of hydrogen-bond acceptors (Lipinski definition) is 5. The monoisotopic (exact) mass is 422 g/mol. The first-order valence-corrected chi connectivity index (χ1v) is 10.7. The zero-order chi connectivity index (χ0) is 22.5. The molecule has 0 spiro atoms. The number of amides is 1. The molecule has 6 nitrogen and oxygen atoms in total. The van der Waals surface area contributed by atoms with Crippen molar-refractivity contribution in [3.8, 4) is 5.75 Å². The third-order valence-electron chi connectivity index (χ3n) is 5.33. The summed E-state index contributed by atoms with van der Waals surface area (Å²) in [5.41, 5.74) is 2.41. The van der Waals surface area contributed by atoms with Crippen LogP contribution in [-0.2, 0) is 9.59 Å². The lowest BCUT2D eigenvalue weighted by atomic mass is 9.95. The normalized spacial score (nSPS) is 17.8. The summed E-state index contributed by atoms with van der Waals surface area (Å²) in [6, 6.07) is 14.0. The minimum atomic E-state index is -0.654. The second kappa shape index (κ2) is 9.69. The molecule has 1 fully saturated rings. The van der Waals surface area contributed by atoms with Crippen molar-refractivity contribution in [3.63, 3.8) is 0 Å². The molecule has 1 amide bonds. The van der Waals surface area contributed by atoms with E-state index in [1.54, 1.807) is 29.2 Å². The number of anilines is 1. The topological polar surface area (TPSA) is 70.1 Å². The highest BCUT2D eigenvalue weighted by Crippen LogP contribution is 2.40. The standard InChI is InChI=1S/C25H30N2O4/c1-5-15-27-22(17-7-11-19(12-8-17)26(3)4)21(24(29)25(27)30)23(28)18-9-13-20(14-10-18)31-16-6-2/h7-14,22,28H,5-6,15-16H2,1-4H3/b23-21-. The van der Waals surface area contributed by atoms with E-state index in [4.69, 9.17) is 4.74 Å². The number of likely N-dealkylation sites (tertiary alicyclic amines) is 1. The van der Waals surface area contributed by atoms with Crippen LogP contribution in [0.15, 0.2) is 54.1 Å². The van der Waals surface area contributed by atoms with E-state index in [-0.39, 0.29) is 11.3 Å². The van der Waals surface area contributed by atoms with E-state index in [9.17, 15) is 14.7 Å². The largest absolute Gasteiger partial charge is 0.507 e. The quantitative estimate of drug-likeness (QED) is 0.389. The fraction of sp³-hybridized carbons (Fsp3) is 0.360. The molecule has 3 rings (SSSR count). The molecule has 0 bridgehead atoms. The van der Waals surface area contributed by atoms with Crippen molar-refractivity contribution in [1.29, 1.82) is 0 Å². The van der Waals surface area contributed by atoms with Crippen LogP contribution >= 0.6 is 0 Å². The third kappa shape index (κ3) is 4.58. The first kappa shape index (κ1) is 22.4. The van der Waals surface area contributed by atoms with Crippen molar-refractivity contribution in [2.45, 2.75) is 32.7 Å². The van der Waals surface area contributed by atoms with E-state index in [1.807, 2.05) is 57.1 Å². The Morgan fingerprint density at radius 3 is 2.19 bits per heavy atom. The molecule has 0 aromatic heterocycles. The van der Waals surface area contributed by atoms with Gasteiger partial charge in [0.2, 0.25) is 0 Å². The van der Waals surface area contributed by atoms with Gasteiger partial charge in [-0.25, -0.2) is 0 Å². The molecule has 0 radical (unpaired) electrons. The van der Waals surface area contributed by atoms with Gasteiger partial charge in [-0.3, -0.25) is 9.59 Å². The van der Waals surface area contributed by atoms with Gasteiger partial charge in [0.1, 0.15) is 11.5 Å². The van der Waals surface area contributed by atoms with Crippen molar-refractivity contribution in [3.05, 3.63) is 65.2 Å². The summed E-state index contributed by atoms with van der Waals surface area (Å²) in [6.07, 6.45) is 1.61. The SMILES string of the molecule is CCCOc1ccc(/C(O)=C2/C(=O)C(=O)N(CCC)C2c2ccc(N(C)C)cc2)cc1. The van der Waals surface area contributed by atoms with Crippen LogP contribution in [0.4, 0.5) is 5.69 Å². The Kier molecular flexibility index (Phi) is 7.00. The van der Waals surface area contributed by atoms with Crippen LogP contribution in [0.2, 0.25) is 0 Å². The van der Waals surface area contributed by atoms with Crippen LogP contribution in [0.1, 0.15) is 43.9 Å². The van der Waals surface area contributed by atoms with Crippen molar-refractivity contribution in [2.75, 3.05) is 32.1 Å². The van der Waals surface area contributed by atoms with Crippen LogP contribution in [-0.4, -0.2) is 48.9 Å². The van der Waals surface area contributed by atoms with Crippen LogP contribution in [0, 0.1) is 0 Å². The number of ether oxygens (including phenoxy) is 1. The average molecular weight is 423 g/mol. The maximum absolute atomic E-state index is 12.9. The lowest BCUT2D eigenvalue weighted by Gasteiger charge is -2.25. The fourth-order valence-corrected chi connectivity index (χ4v) is 3.74. The molecule has 1 saturated heterocycles. The van der Waals surface area contributed by atoms with E-state index in [2.05, 4.69) is 0 Å². The number of carbonyl (C=O) groups is 2. The van der Waals surface area contributed by atoms with E-state index in [1.165, 1.54) is 0 Å². The Morgan fingerprint density at radius 1 is 1.00 bits per heavy atom. The number of benzene rings is 2. The number of carbonyl (C=O) groups excluding carboxylic acids is 2. The smallest absolute Gasteiger partial charge is 0.295 e. The zero-order valence-electron chi connectivity index (χ0n) is 18.6. The number of rotatable bonds is 8. The van der Waals surface area contributed by atoms with Crippen molar-refractivity contribution < 1.29 is 19.4 Å². The minimum Gasteiger partial charge on any atom is -0.507 e. The molecule has 2 aromatic rings. The summed E-state index contributed by atoms with van der Waals surface area (Å²) in [5.74, 6) is -0.701. The predicted octanol–water partition coefficient (Wildman–Crippen LogP) is 4.37. The molecule has 0 saturated carbocycles. The van der Waals surface area contributed by atoms with Crippen LogP contribution in [0.5, 0.6) is 5.75 Å². The molecule has 31 heavy (non-hydrogen) atoms. The van der Waals surface area contributed by atoms with Gasteiger partial charge in [-0.1, -0.05) is 26.0 Å². The Morgan fingerprint density at radius 2 is 1.65 bits per heavy atom. The zero-order valence-corrected chi connectivity index (χ0v) is 18.6. The second-order valence-electron chi connectivity index (χ2n) is 7.85. The summed E-state index contributed by atoms with van der Waals surface area (Å²) in [6.45, 7) is 5.03. The molecule has 1 aliphatic heterocycles. The summed E-state index contributed by atoms with van der Waals surface area (Å²) in [7, 11) is 3.90. The van der Waals surface area contributed by atoms with Gasteiger partial charge in [0.05, 0.1) is 18.2 Å². The first-order valence-electron chi connectivity index (χ1n) is 10.7. The first-order chi connectivity index (χ1) is 14.9. The van der Waals surface area contributed by atoms with Crippen molar-refractivity contribution in [2.24, 2.45) is 0 Å². The van der Waals surface area contributed by atoms with Gasteiger partial charge in [-0.2, -0.15) is 0 Å². The third-order valence-corrected chi connectivity index (χ3v) is 5.33. The molecule has 1 N–H and O–H groups in total. The number of ketones is 1. The Labute approximate surface area is 183 Å². The van der Waals surface area contributed by atoms with Gasteiger partial charge >= 0.3 is 0 Å². The Hall–Kier alpha value is -3.28. The summed E-state index contributed by atoms with van der Waals surface area (Å²) in [4.78, 5) is 29.2. The van der Waals surface area contributed by atoms with Crippen LogP contribution in [0.25, 0.3) is 5.76 Å². The van der Waals surface area contributed by atoms with Gasteiger partial charge in [-0.15, -0.1) is 0 Å². The molecule has 164 valence electrons. The molecule has 0 aliphatic carbocycles. The number of hydrogen-bond donors (Lipinski definition) is 1. The molecule has 1 aliphatic rings. The molecular formula is C25H30N2O4. The average Bonchev–Trinajstić information content (AvgIpc) is 3.03. The number of nitrogens with zero attached hydrogens (tertiary/aromatic N) is 2. The van der Waals surface area contributed by atoms with E-state index in [0.717, 1.165) is 17.7 Å². The highest BCUT2D eigenvalue weighted by atomic mass is 16.5. The minimum absolute atomic E-state index is 0.123. The van der Waals surface area contributed by atoms with E-state index in [0.29, 0.717) is 30.9 Å². The molecule has 2 aromatic carbocycles. The van der Waals surface area contributed by atoms with Gasteiger partial charge in [-0.05, 0) is 54.8 Å². The van der Waals surface area contributed by atoms with E-state index >= 15 is 0 Å². The Bertz CT molecular complexity index is 962. The van der Waals surface area contributed by atoms with Gasteiger partial charge in [0.25, 0.3) is 11.7 Å². The lowest BCUT2D eigenvalue weighted by molar-refractivity contribution is -0.139. The summed E-state index contributed by atoms with van der Waals surface area (Å²) < 4.78 is 5.59. The van der Waals surface area contributed by atoms with Gasteiger partial charge in [0.15, 0.2) is 0 Å². The number of aliphatic hydroxyl groups excluding tert-OH is 1. The molecule has 6 heteroatoms. The molecular weight excluding hydrogens is 392 g/mol. The summed E-state index contributed by atoms with van der Waals surface area (Å²) >= 11 is 0. The predicted molar refractivity (Wildman–Crippen MR) is 122 cm³/mol. The maximum atomic E-state index is 12.9. The summed E-state index contributed by atoms with van der Waals surface area (Å²) in [5, 5.41) is 11.1. The highest BCUT2D eigenvalue weighted by Gasteiger charge is 2.45.